The van der Waals surface area contributed by atoms with Crippen LogP contribution in [0.4, 0.5) is 0 Å². The van der Waals surface area contributed by atoms with Gasteiger partial charge in [0.05, 0.1) is 6.17 Å². The molecule has 0 unspecified atom stereocenters. The minimum absolute atomic E-state index is 0.420. The predicted molar refractivity (Wildman–Crippen MR) is 98.4 cm³/mol. The van der Waals surface area contributed by atoms with Gasteiger partial charge in [-0.25, -0.2) is 0 Å². The fourth-order valence-electron chi connectivity index (χ4n) is 3.13. The van der Waals surface area contributed by atoms with Crippen molar-refractivity contribution in [3.05, 3.63) is 90.3 Å². The van der Waals surface area contributed by atoms with Crippen LogP contribution in [0.25, 0.3) is 0 Å². The van der Waals surface area contributed by atoms with Gasteiger partial charge in [0.25, 0.3) is 0 Å². The molecule has 25 heavy (non-hydrogen) atoms. The van der Waals surface area contributed by atoms with Gasteiger partial charge in [0, 0.05) is 41.1 Å². The Balaban J connectivity index is 1.97. The molecule has 0 aromatic carbocycles. The Kier molecular flexibility index (Phi) is 5.48. The molecule has 0 fully saturated rings. The summed E-state index contributed by atoms with van der Waals surface area (Å²) >= 11 is 0. The van der Waals surface area contributed by atoms with E-state index in [9.17, 15) is 0 Å². The quantitative estimate of drug-likeness (QED) is 0.646. The summed E-state index contributed by atoms with van der Waals surface area (Å²) in [5.41, 5.74) is 15.1. The van der Waals surface area contributed by atoms with Crippen LogP contribution in [0.5, 0.6) is 0 Å². The molecule has 0 bridgehead atoms. The summed E-state index contributed by atoms with van der Waals surface area (Å²) in [6.07, 6.45) is 6.85. The van der Waals surface area contributed by atoms with Crippen LogP contribution in [-0.2, 0) is 19.3 Å². The molecule has 5 nitrogen and oxygen atoms in total. The number of nitrogens with zero attached hydrogens (tertiary/aromatic N) is 3. The highest BCUT2D eigenvalue weighted by Gasteiger charge is 2.37. The molecule has 0 amide bonds. The molecular weight excluding hydrogens is 310 g/mol. The number of hydrogen-bond donors (Lipinski definition) is 2. The van der Waals surface area contributed by atoms with Crippen molar-refractivity contribution in [3.63, 3.8) is 0 Å². The molecule has 0 atom stereocenters. The van der Waals surface area contributed by atoms with Gasteiger partial charge in [-0.3, -0.25) is 15.0 Å². The second-order valence-electron chi connectivity index (χ2n) is 6.38. The summed E-state index contributed by atoms with van der Waals surface area (Å²) in [5.74, 6) is 0. The molecule has 0 aliphatic heterocycles. The van der Waals surface area contributed by atoms with E-state index in [2.05, 4.69) is 15.0 Å². The first kappa shape index (κ1) is 17.2. The maximum absolute atomic E-state index is 6.31. The van der Waals surface area contributed by atoms with Crippen molar-refractivity contribution in [2.75, 3.05) is 0 Å². The second-order valence-corrected chi connectivity index (χ2v) is 6.38. The van der Waals surface area contributed by atoms with Gasteiger partial charge in [0.2, 0.25) is 0 Å². The van der Waals surface area contributed by atoms with Gasteiger partial charge in [-0.15, -0.1) is 0 Å². The largest absolute Gasteiger partial charge is 0.316 e. The third-order valence-electron chi connectivity index (χ3n) is 4.49. The molecule has 3 aromatic heterocycles. The first-order valence-electron chi connectivity index (χ1n) is 8.39. The van der Waals surface area contributed by atoms with Gasteiger partial charge in [0.15, 0.2) is 0 Å². The van der Waals surface area contributed by atoms with Crippen molar-refractivity contribution >= 4 is 0 Å². The zero-order chi connectivity index (χ0) is 17.5. The third-order valence-corrected chi connectivity index (χ3v) is 4.49. The normalized spacial score (nSPS) is 11.6. The van der Waals surface area contributed by atoms with Crippen LogP contribution in [0.15, 0.2) is 73.2 Å². The van der Waals surface area contributed by atoms with E-state index in [1.807, 2.05) is 54.6 Å². The monoisotopic (exact) mass is 333 g/mol. The standard InChI is InChI=1S/C20H23N5/c21-19(22)20(13-16-7-1-4-10-23-16,14-17-8-2-5-11-24-17)15-18-9-3-6-12-25-18/h1-12,19H,13-15,21-22H2. The van der Waals surface area contributed by atoms with Crippen LogP contribution in [0, 0.1) is 5.41 Å². The van der Waals surface area contributed by atoms with Crippen molar-refractivity contribution in [1.82, 2.24) is 15.0 Å². The molecule has 3 heterocycles. The van der Waals surface area contributed by atoms with E-state index in [1.165, 1.54) is 0 Å². The summed E-state index contributed by atoms with van der Waals surface area (Å²) in [6, 6.07) is 17.7. The lowest BCUT2D eigenvalue weighted by Crippen LogP contribution is -2.52. The first-order valence-corrected chi connectivity index (χ1v) is 8.39. The van der Waals surface area contributed by atoms with Crippen molar-refractivity contribution < 1.29 is 0 Å². The van der Waals surface area contributed by atoms with Crippen LogP contribution in [-0.4, -0.2) is 21.1 Å². The van der Waals surface area contributed by atoms with Crippen LogP contribution in [0.2, 0.25) is 0 Å². The fraction of sp³-hybridized carbons (Fsp3) is 0.250. The molecule has 3 aromatic rings. The van der Waals surface area contributed by atoms with Crippen molar-refractivity contribution in [2.45, 2.75) is 25.4 Å². The summed E-state index contributed by atoms with van der Waals surface area (Å²) in [5, 5.41) is 0. The summed E-state index contributed by atoms with van der Waals surface area (Å²) in [7, 11) is 0. The van der Waals surface area contributed by atoms with Gasteiger partial charge >= 0.3 is 0 Å². The van der Waals surface area contributed by atoms with Gasteiger partial charge in [0.1, 0.15) is 0 Å². The Morgan fingerprint density at radius 2 is 1.00 bits per heavy atom. The molecule has 0 saturated carbocycles. The molecule has 3 rings (SSSR count). The van der Waals surface area contributed by atoms with Crippen LogP contribution >= 0.6 is 0 Å². The highest BCUT2D eigenvalue weighted by molar-refractivity contribution is 5.17. The highest BCUT2D eigenvalue weighted by atomic mass is 14.9. The summed E-state index contributed by atoms with van der Waals surface area (Å²) < 4.78 is 0. The minimum atomic E-state index is -0.529. The maximum Gasteiger partial charge on any atom is 0.0590 e. The van der Waals surface area contributed by atoms with Gasteiger partial charge in [-0.1, -0.05) is 18.2 Å². The van der Waals surface area contributed by atoms with Crippen LogP contribution in [0.1, 0.15) is 17.1 Å². The zero-order valence-electron chi connectivity index (χ0n) is 14.1. The molecule has 5 heteroatoms. The van der Waals surface area contributed by atoms with Crippen molar-refractivity contribution in [1.29, 1.82) is 0 Å². The SMILES string of the molecule is NC(N)C(Cc1ccccn1)(Cc1ccccn1)Cc1ccccn1. The highest BCUT2D eigenvalue weighted by Crippen LogP contribution is 2.32. The number of rotatable bonds is 7. The number of nitrogens with two attached hydrogens (primary N) is 2. The Hall–Kier alpha value is -2.63. The topological polar surface area (TPSA) is 90.7 Å². The third kappa shape index (κ3) is 4.47. The van der Waals surface area contributed by atoms with Crippen LogP contribution < -0.4 is 11.5 Å². The molecule has 4 N–H and O–H groups in total. The van der Waals surface area contributed by atoms with E-state index >= 15 is 0 Å². The fourth-order valence-corrected chi connectivity index (χ4v) is 3.13. The number of pyridine rings is 3. The van der Waals surface area contributed by atoms with Crippen molar-refractivity contribution in [3.8, 4) is 0 Å². The predicted octanol–water partition coefficient (Wildman–Crippen LogP) is 2.13. The lowest BCUT2D eigenvalue weighted by atomic mass is 9.72. The van der Waals surface area contributed by atoms with Gasteiger partial charge in [-0.05, 0) is 55.7 Å². The molecule has 0 radical (unpaired) electrons. The Morgan fingerprint density at radius 1 is 0.640 bits per heavy atom. The lowest BCUT2D eigenvalue weighted by molar-refractivity contribution is 0.212. The smallest absolute Gasteiger partial charge is 0.0590 e. The van der Waals surface area contributed by atoms with E-state index in [0.717, 1.165) is 17.1 Å². The van der Waals surface area contributed by atoms with E-state index in [4.69, 9.17) is 11.5 Å². The van der Waals surface area contributed by atoms with E-state index in [1.54, 1.807) is 18.6 Å². The molecule has 0 saturated heterocycles. The Labute approximate surface area is 148 Å². The average Bonchev–Trinajstić information content (AvgIpc) is 2.64. The van der Waals surface area contributed by atoms with Crippen LogP contribution in [0.3, 0.4) is 0 Å². The molecular formula is C20H23N5. The molecule has 0 aliphatic rings. The Morgan fingerprint density at radius 3 is 1.24 bits per heavy atom. The Bertz CT molecular complexity index is 658. The summed E-state index contributed by atoms with van der Waals surface area (Å²) in [6.45, 7) is 0. The van der Waals surface area contributed by atoms with Gasteiger partial charge < -0.3 is 11.5 Å². The van der Waals surface area contributed by atoms with Gasteiger partial charge in [-0.2, -0.15) is 0 Å². The maximum atomic E-state index is 6.31. The minimum Gasteiger partial charge on any atom is -0.316 e. The van der Waals surface area contributed by atoms with E-state index in [-0.39, 0.29) is 0 Å². The number of hydrogen-bond acceptors (Lipinski definition) is 5. The molecule has 128 valence electrons. The van der Waals surface area contributed by atoms with Crippen molar-refractivity contribution in [2.24, 2.45) is 16.9 Å². The second kappa shape index (κ2) is 7.96. The van der Waals surface area contributed by atoms with E-state index in [0.29, 0.717) is 19.3 Å². The summed E-state index contributed by atoms with van der Waals surface area (Å²) in [4.78, 5) is 13.4. The zero-order valence-corrected chi connectivity index (χ0v) is 14.1. The average molecular weight is 333 g/mol. The first-order chi connectivity index (χ1) is 12.2. The number of aromatic nitrogens is 3. The van der Waals surface area contributed by atoms with E-state index < -0.39 is 11.6 Å². The lowest BCUT2D eigenvalue weighted by Gasteiger charge is -2.37. The molecule has 0 spiro atoms. The molecule has 0 aliphatic carbocycles.